The van der Waals surface area contributed by atoms with Crippen molar-refractivity contribution < 1.29 is 57.1 Å². The number of carbonyl (C=O) groups excluding carboxylic acids is 2. The molecule has 3 aromatic carbocycles. The Kier molecular flexibility index (Phi) is 15.1. The van der Waals surface area contributed by atoms with E-state index in [1.807, 2.05) is 12.1 Å². The topological polar surface area (TPSA) is 175 Å². The first-order valence-electron chi connectivity index (χ1n) is 17.7. The standard InChI is InChI=1S/C40H45FN2O11/c1-42-39(46)37-32-22-31(27-6-7-27)33(23-36(32)54-38(37)29-8-10-30(41)11-9-29)43-12-13-49-14-15-50-16-17-51-18-19-52-20-21-53-25-26-2-4-28(5-3-26)34(44)24-35(45)40(47)48/h2-5,8-11,22-24,27,43-44H,6-7,12-21,25H2,1H3,(H,42,46)(H,47,48). The molecule has 0 spiro atoms. The molecule has 0 saturated heterocycles. The number of hydrogen-bond acceptors (Lipinski definition) is 11. The van der Waals surface area contributed by atoms with E-state index >= 15 is 0 Å². The van der Waals surface area contributed by atoms with Crippen LogP contribution in [-0.2, 0) is 39.9 Å². The number of halogens is 1. The zero-order valence-corrected chi connectivity index (χ0v) is 30.1. The first kappa shape index (κ1) is 40.1. The summed E-state index contributed by atoms with van der Waals surface area (Å²) in [7, 11) is 1.58. The zero-order valence-electron chi connectivity index (χ0n) is 30.1. The molecule has 4 N–H and O–H groups in total. The molecule has 0 aliphatic heterocycles. The van der Waals surface area contributed by atoms with Gasteiger partial charge in [-0.05, 0) is 60.2 Å². The number of anilines is 1. The molecule has 13 nitrogen and oxygen atoms in total. The SMILES string of the molecule is CNC(=O)c1c(-c2ccc(F)cc2)oc2cc(NCCOCCOCCOCCOCCOCc3ccc(C(O)=CC(=O)C(=O)O)cc3)c(C3CC3)cc12. The Labute approximate surface area is 312 Å². The quantitative estimate of drug-likeness (QED) is 0.0297. The van der Waals surface area contributed by atoms with E-state index < -0.39 is 17.5 Å². The molecule has 1 aliphatic carbocycles. The minimum atomic E-state index is -1.64. The fourth-order valence-electron chi connectivity index (χ4n) is 5.57. The van der Waals surface area contributed by atoms with Crippen LogP contribution in [0.3, 0.4) is 0 Å². The van der Waals surface area contributed by atoms with E-state index in [2.05, 4.69) is 10.6 Å². The van der Waals surface area contributed by atoms with Gasteiger partial charge in [-0.1, -0.05) is 24.3 Å². The van der Waals surface area contributed by atoms with Crippen LogP contribution in [-0.4, -0.2) is 101 Å². The van der Waals surface area contributed by atoms with Gasteiger partial charge in [0.25, 0.3) is 11.7 Å². The summed E-state index contributed by atoms with van der Waals surface area (Å²) in [5.74, 6) is -3.07. The van der Waals surface area contributed by atoms with Crippen LogP contribution in [0.15, 0.2) is 71.2 Å². The van der Waals surface area contributed by atoms with E-state index in [-0.39, 0.29) is 11.7 Å². The van der Waals surface area contributed by atoms with Crippen molar-refractivity contribution in [2.45, 2.75) is 25.4 Å². The number of rotatable bonds is 24. The molecule has 0 unspecified atom stereocenters. The van der Waals surface area contributed by atoms with Crippen molar-refractivity contribution >= 4 is 40.1 Å². The largest absolute Gasteiger partial charge is 0.507 e. The number of nitrogens with one attached hydrogen (secondary N) is 2. The molecule has 1 aromatic heterocycles. The van der Waals surface area contributed by atoms with Gasteiger partial charge in [0, 0.05) is 47.9 Å². The Morgan fingerprint density at radius 3 is 1.98 bits per heavy atom. The third-order valence-electron chi connectivity index (χ3n) is 8.48. The second kappa shape index (κ2) is 20.4. The number of aliphatic hydroxyl groups is 1. The molecule has 0 radical (unpaired) electrons. The number of benzene rings is 3. The molecule has 0 bridgehead atoms. The van der Waals surface area contributed by atoms with Crippen LogP contribution in [0, 0.1) is 5.82 Å². The molecule has 0 atom stereocenters. The average molecular weight is 749 g/mol. The van der Waals surface area contributed by atoms with E-state index in [0.717, 1.165) is 35.0 Å². The predicted octanol–water partition coefficient (Wildman–Crippen LogP) is 5.72. The van der Waals surface area contributed by atoms with Gasteiger partial charge < -0.3 is 48.9 Å². The fraction of sp³-hybridized carbons (Fsp3) is 0.375. The van der Waals surface area contributed by atoms with Crippen molar-refractivity contribution in [3.05, 3.63) is 94.8 Å². The van der Waals surface area contributed by atoms with Crippen molar-refractivity contribution in [3.8, 4) is 11.3 Å². The number of carbonyl (C=O) groups is 3. The molecule has 54 heavy (non-hydrogen) atoms. The molecule has 4 aromatic rings. The summed E-state index contributed by atoms with van der Waals surface area (Å²) in [5.41, 5.74) is 4.87. The first-order chi connectivity index (χ1) is 26.2. The molecule has 288 valence electrons. The third kappa shape index (κ3) is 11.7. The molecule has 1 amide bonds. The summed E-state index contributed by atoms with van der Waals surface area (Å²) >= 11 is 0. The molecule has 1 fully saturated rings. The number of fused-ring (bicyclic) bond motifs is 1. The highest BCUT2D eigenvalue weighted by Gasteiger charge is 2.29. The number of hydrogen-bond donors (Lipinski definition) is 4. The summed E-state index contributed by atoms with van der Waals surface area (Å²) in [4.78, 5) is 34.7. The number of ether oxygens (including phenoxy) is 5. The van der Waals surface area contributed by atoms with Crippen molar-refractivity contribution in [2.75, 3.05) is 78.4 Å². The lowest BCUT2D eigenvalue weighted by atomic mass is 10.0. The van der Waals surface area contributed by atoms with Crippen molar-refractivity contribution in [1.82, 2.24) is 5.32 Å². The van der Waals surface area contributed by atoms with Gasteiger partial charge in [0.05, 0.1) is 71.6 Å². The maximum atomic E-state index is 13.6. The van der Waals surface area contributed by atoms with Crippen LogP contribution in [0.25, 0.3) is 28.1 Å². The van der Waals surface area contributed by atoms with E-state index in [0.29, 0.717) is 113 Å². The highest BCUT2D eigenvalue weighted by atomic mass is 19.1. The summed E-state index contributed by atoms with van der Waals surface area (Å²) in [6.07, 6.45) is 2.82. The summed E-state index contributed by atoms with van der Waals surface area (Å²) in [6.45, 7) is 4.69. The van der Waals surface area contributed by atoms with Crippen LogP contribution in [0.2, 0.25) is 0 Å². The maximum absolute atomic E-state index is 13.6. The normalized spacial score (nSPS) is 13.0. The van der Waals surface area contributed by atoms with Gasteiger partial charge in [0.1, 0.15) is 22.9 Å². The Bertz CT molecular complexity index is 1890. The second-order valence-corrected chi connectivity index (χ2v) is 12.4. The first-order valence-corrected chi connectivity index (χ1v) is 17.7. The zero-order chi connectivity index (χ0) is 38.3. The van der Waals surface area contributed by atoms with Gasteiger partial charge in [-0.2, -0.15) is 0 Å². The lowest BCUT2D eigenvalue weighted by Gasteiger charge is -2.13. The van der Waals surface area contributed by atoms with Gasteiger partial charge in [-0.3, -0.25) is 9.59 Å². The van der Waals surface area contributed by atoms with Crippen LogP contribution >= 0.6 is 0 Å². The predicted molar refractivity (Wildman–Crippen MR) is 198 cm³/mol. The molecule has 1 heterocycles. The van der Waals surface area contributed by atoms with Crippen LogP contribution in [0.4, 0.5) is 10.1 Å². The van der Waals surface area contributed by atoms with Gasteiger partial charge in [0.15, 0.2) is 0 Å². The Hall–Kier alpha value is -5.12. The number of amides is 1. The lowest BCUT2D eigenvalue weighted by Crippen LogP contribution is -2.18. The van der Waals surface area contributed by atoms with Crippen LogP contribution < -0.4 is 10.6 Å². The van der Waals surface area contributed by atoms with Gasteiger partial charge in [0.2, 0.25) is 0 Å². The van der Waals surface area contributed by atoms with E-state index in [1.54, 1.807) is 43.4 Å². The molecule has 14 heteroatoms. The van der Waals surface area contributed by atoms with Crippen molar-refractivity contribution in [1.29, 1.82) is 0 Å². The number of aliphatic carboxylic acids is 1. The van der Waals surface area contributed by atoms with Crippen molar-refractivity contribution in [3.63, 3.8) is 0 Å². The van der Waals surface area contributed by atoms with E-state index in [1.165, 1.54) is 12.1 Å². The van der Waals surface area contributed by atoms with Gasteiger partial charge in [-0.15, -0.1) is 0 Å². The number of ketones is 1. The lowest BCUT2D eigenvalue weighted by molar-refractivity contribution is -0.146. The average Bonchev–Trinajstić information content (AvgIpc) is 3.96. The smallest absolute Gasteiger partial charge is 0.376 e. The second-order valence-electron chi connectivity index (χ2n) is 12.4. The van der Waals surface area contributed by atoms with Gasteiger partial charge >= 0.3 is 5.97 Å². The van der Waals surface area contributed by atoms with E-state index in [9.17, 15) is 23.9 Å². The number of carboxylic acids is 1. The minimum absolute atomic E-state index is 0.263. The summed E-state index contributed by atoms with van der Waals surface area (Å²) in [5, 5.41) is 25.4. The Morgan fingerprint density at radius 2 is 1.41 bits per heavy atom. The number of carboxylic acid groups (broad SMARTS) is 1. The molecule has 5 rings (SSSR count). The van der Waals surface area contributed by atoms with Crippen LogP contribution in [0.5, 0.6) is 0 Å². The van der Waals surface area contributed by atoms with E-state index in [4.69, 9.17) is 33.2 Å². The number of furan rings is 1. The molecular formula is C40H45FN2O11. The molecule has 1 saturated carbocycles. The fourth-order valence-corrected chi connectivity index (χ4v) is 5.57. The van der Waals surface area contributed by atoms with Gasteiger partial charge in [-0.25, -0.2) is 9.18 Å². The summed E-state index contributed by atoms with van der Waals surface area (Å²) in [6, 6.07) is 16.4. The van der Waals surface area contributed by atoms with Crippen LogP contribution in [0.1, 0.15) is 45.8 Å². The maximum Gasteiger partial charge on any atom is 0.376 e. The van der Waals surface area contributed by atoms with Crippen molar-refractivity contribution in [2.24, 2.45) is 0 Å². The molecule has 1 aliphatic rings. The highest BCUT2D eigenvalue weighted by Crippen LogP contribution is 2.46. The Balaban J connectivity index is 0.906. The minimum Gasteiger partial charge on any atom is -0.507 e. The molecular weight excluding hydrogens is 703 g/mol. The Morgan fingerprint density at radius 1 is 0.815 bits per heavy atom. The highest BCUT2D eigenvalue weighted by molar-refractivity contribution is 6.38. The number of aliphatic hydroxyl groups excluding tert-OH is 1. The summed E-state index contributed by atoms with van der Waals surface area (Å²) < 4.78 is 47.7. The monoisotopic (exact) mass is 748 g/mol. The third-order valence-corrected chi connectivity index (χ3v) is 8.48.